The predicted molar refractivity (Wildman–Crippen MR) is 108 cm³/mol. The molecule has 1 aliphatic rings. The van der Waals surface area contributed by atoms with Gasteiger partial charge >= 0.3 is 0 Å². The number of aryl methyl sites for hydroxylation is 1. The van der Waals surface area contributed by atoms with Gasteiger partial charge in [0.1, 0.15) is 0 Å². The molecule has 1 fully saturated rings. The van der Waals surface area contributed by atoms with Gasteiger partial charge in [0, 0.05) is 17.5 Å². The van der Waals surface area contributed by atoms with E-state index >= 15 is 0 Å². The topological polar surface area (TPSA) is 58.2 Å². The number of anilines is 1. The molecule has 0 radical (unpaired) electrons. The fourth-order valence-electron chi connectivity index (χ4n) is 3.74. The van der Waals surface area contributed by atoms with Crippen LogP contribution in [0.1, 0.15) is 49.8 Å². The predicted octanol–water partition coefficient (Wildman–Crippen LogP) is 4.62. The van der Waals surface area contributed by atoms with Crippen molar-refractivity contribution in [1.82, 2.24) is 5.32 Å². The second-order valence-corrected chi connectivity index (χ2v) is 7.55. The van der Waals surface area contributed by atoms with E-state index < -0.39 is 0 Å². The molecule has 0 saturated heterocycles. The lowest BCUT2D eigenvalue weighted by atomic mass is 9.81. The van der Waals surface area contributed by atoms with Gasteiger partial charge in [0.2, 0.25) is 11.8 Å². The first-order valence-electron chi connectivity index (χ1n) is 9.76. The molecule has 2 aromatic rings. The summed E-state index contributed by atoms with van der Waals surface area (Å²) in [6.45, 7) is 4.02. The fourth-order valence-corrected chi connectivity index (χ4v) is 3.74. The lowest BCUT2D eigenvalue weighted by Crippen LogP contribution is -2.36. The molecule has 1 atom stereocenters. The maximum Gasteiger partial charge on any atom is 0.227 e. The summed E-state index contributed by atoms with van der Waals surface area (Å²) >= 11 is 0. The molecular weight excluding hydrogens is 336 g/mol. The van der Waals surface area contributed by atoms with Gasteiger partial charge in [0.05, 0.1) is 6.04 Å². The van der Waals surface area contributed by atoms with E-state index in [1.54, 1.807) is 0 Å². The SMILES string of the molecule is Cc1cccc(NC(=O)C2CCC(C(=O)NC(C)c3ccccc3)CC2)c1. The zero-order valence-electron chi connectivity index (χ0n) is 16.1. The normalized spacial score (nSPS) is 20.5. The Kier molecular flexibility index (Phi) is 6.28. The minimum absolute atomic E-state index is 0.000757. The van der Waals surface area contributed by atoms with Crippen LogP contribution in [-0.2, 0) is 9.59 Å². The molecule has 0 bridgehead atoms. The Balaban J connectivity index is 1.48. The lowest BCUT2D eigenvalue weighted by Gasteiger charge is -2.28. The summed E-state index contributed by atoms with van der Waals surface area (Å²) in [7, 11) is 0. The van der Waals surface area contributed by atoms with Gasteiger partial charge in [-0.25, -0.2) is 0 Å². The van der Waals surface area contributed by atoms with Crippen molar-refractivity contribution in [3.05, 3.63) is 65.7 Å². The van der Waals surface area contributed by atoms with Crippen molar-refractivity contribution in [2.45, 2.75) is 45.6 Å². The van der Waals surface area contributed by atoms with Crippen LogP contribution in [0.5, 0.6) is 0 Å². The van der Waals surface area contributed by atoms with E-state index in [1.807, 2.05) is 68.4 Å². The molecule has 2 N–H and O–H groups in total. The van der Waals surface area contributed by atoms with Crippen molar-refractivity contribution in [2.75, 3.05) is 5.32 Å². The number of benzene rings is 2. The Morgan fingerprint density at radius 1 is 0.889 bits per heavy atom. The molecule has 2 amide bonds. The molecule has 4 heteroatoms. The smallest absolute Gasteiger partial charge is 0.227 e. The molecule has 142 valence electrons. The van der Waals surface area contributed by atoms with Gasteiger partial charge in [0.25, 0.3) is 0 Å². The molecular formula is C23H28N2O2. The number of rotatable bonds is 5. The summed E-state index contributed by atoms with van der Waals surface area (Å²) in [6, 6.07) is 17.8. The van der Waals surface area contributed by atoms with Crippen molar-refractivity contribution in [1.29, 1.82) is 0 Å². The molecule has 0 heterocycles. The Morgan fingerprint density at radius 2 is 1.52 bits per heavy atom. The van der Waals surface area contributed by atoms with Crippen LogP contribution in [-0.4, -0.2) is 11.8 Å². The van der Waals surface area contributed by atoms with Gasteiger partial charge in [-0.05, 0) is 62.8 Å². The number of hydrogen-bond donors (Lipinski definition) is 2. The summed E-state index contributed by atoms with van der Waals surface area (Å²) in [5.41, 5.74) is 3.08. The molecule has 0 spiro atoms. The van der Waals surface area contributed by atoms with E-state index in [4.69, 9.17) is 0 Å². The van der Waals surface area contributed by atoms with Gasteiger partial charge in [-0.3, -0.25) is 9.59 Å². The van der Waals surface area contributed by atoms with Crippen molar-refractivity contribution in [3.63, 3.8) is 0 Å². The molecule has 27 heavy (non-hydrogen) atoms. The van der Waals surface area contributed by atoms with E-state index in [0.717, 1.165) is 42.5 Å². The molecule has 1 unspecified atom stereocenters. The minimum Gasteiger partial charge on any atom is -0.349 e. The number of nitrogens with one attached hydrogen (secondary N) is 2. The number of hydrogen-bond acceptors (Lipinski definition) is 2. The third kappa shape index (κ3) is 5.19. The zero-order valence-corrected chi connectivity index (χ0v) is 16.1. The van der Waals surface area contributed by atoms with Crippen LogP contribution in [0.15, 0.2) is 54.6 Å². The van der Waals surface area contributed by atoms with Crippen LogP contribution in [0.2, 0.25) is 0 Å². The van der Waals surface area contributed by atoms with Crippen molar-refractivity contribution in [3.8, 4) is 0 Å². The van der Waals surface area contributed by atoms with Crippen molar-refractivity contribution >= 4 is 17.5 Å². The van der Waals surface area contributed by atoms with E-state index in [1.165, 1.54) is 0 Å². The third-order valence-corrected chi connectivity index (χ3v) is 5.41. The van der Waals surface area contributed by atoms with Gasteiger partial charge in [-0.15, -0.1) is 0 Å². The van der Waals surface area contributed by atoms with E-state index in [9.17, 15) is 9.59 Å². The van der Waals surface area contributed by atoms with Gasteiger partial charge in [-0.2, -0.15) is 0 Å². The van der Waals surface area contributed by atoms with E-state index in [0.29, 0.717) is 0 Å². The zero-order chi connectivity index (χ0) is 19.2. The molecule has 0 aliphatic heterocycles. The van der Waals surface area contributed by atoms with Crippen LogP contribution in [0.3, 0.4) is 0 Å². The second-order valence-electron chi connectivity index (χ2n) is 7.55. The van der Waals surface area contributed by atoms with Gasteiger partial charge in [-0.1, -0.05) is 42.5 Å². The maximum atomic E-state index is 12.6. The maximum absolute atomic E-state index is 12.6. The first-order chi connectivity index (χ1) is 13.0. The highest BCUT2D eigenvalue weighted by Gasteiger charge is 2.30. The highest BCUT2D eigenvalue weighted by molar-refractivity contribution is 5.92. The summed E-state index contributed by atoms with van der Waals surface area (Å²) in [6.07, 6.45) is 3.05. The molecule has 3 rings (SSSR count). The highest BCUT2D eigenvalue weighted by Crippen LogP contribution is 2.30. The van der Waals surface area contributed by atoms with Crippen molar-refractivity contribution in [2.24, 2.45) is 11.8 Å². The Morgan fingerprint density at radius 3 is 2.15 bits per heavy atom. The van der Waals surface area contributed by atoms with Crippen LogP contribution >= 0.6 is 0 Å². The van der Waals surface area contributed by atoms with Gasteiger partial charge in [0.15, 0.2) is 0 Å². The lowest BCUT2D eigenvalue weighted by molar-refractivity contribution is -0.129. The first kappa shape index (κ1) is 19.2. The molecule has 1 aliphatic carbocycles. The fraction of sp³-hybridized carbons (Fsp3) is 0.391. The Labute approximate surface area is 161 Å². The Bertz CT molecular complexity index is 780. The highest BCUT2D eigenvalue weighted by atomic mass is 16.2. The molecule has 2 aromatic carbocycles. The first-order valence-corrected chi connectivity index (χ1v) is 9.76. The quantitative estimate of drug-likeness (QED) is 0.813. The Hall–Kier alpha value is -2.62. The van der Waals surface area contributed by atoms with Gasteiger partial charge < -0.3 is 10.6 Å². The van der Waals surface area contributed by atoms with E-state index in [-0.39, 0.29) is 29.7 Å². The standard InChI is InChI=1S/C23H28N2O2/c1-16-7-6-10-21(15-16)25-23(27)20-13-11-19(12-14-20)22(26)24-17(2)18-8-4-3-5-9-18/h3-10,15,17,19-20H,11-14H2,1-2H3,(H,24,26)(H,25,27). The van der Waals surface area contributed by atoms with Crippen LogP contribution in [0, 0.1) is 18.8 Å². The largest absolute Gasteiger partial charge is 0.349 e. The van der Waals surface area contributed by atoms with E-state index in [2.05, 4.69) is 10.6 Å². The van der Waals surface area contributed by atoms with Crippen molar-refractivity contribution < 1.29 is 9.59 Å². The van der Waals surface area contributed by atoms with Crippen LogP contribution in [0.25, 0.3) is 0 Å². The molecule has 0 aromatic heterocycles. The molecule has 4 nitrogen and oxygen atoms in total. The monoisotopic (exact) mass is 364 g/mol. The van der Waals surface area contributed by atoms with Crippen LogP contribution in [0.4, 0.5) is 5.69 Å². The average Bonchev–Trinajstić information content (AvgIpc) is 2.68. The summed E-state index contributed by atoms with van der Waals surface area (Å²) in [5.74, 6) is 0.154. The number of carbonyl (C=O) groups is 2. The average molecular weight is 364 g/mol. The summed E-state index contributed by atoms with van der Waals surface area (Å²) < 4.78 is 0. The minimum atomic E-state index is -0.0129. The number of carbonyl (C=O) groups excluding carboxylic acids is 2. The third-order valence-electron chi connectivity index (χ3n) is 5.41. The summed E-state index contributed by atoms with van der Waals surface area (Å²) in [4.78, 5) is 25.1. The summed E-state index contributed by atoms with van der Waals surface area (Å²) in [5, 5.41) is 6.13. The second kappa shape index (κ2) is 8.85. The number of amides is 2. The van der Waals surface area contributed by atoms with Crippen LogP contribution < -0.4 is 10.6 Å². The molecule has 1 saturated carbocycles.